The lowest BCUT2D eigenvalue weighted by Gasteiger charge is -2.58. The summed E-state index contributed by atoms with van der Waals surface area (Å²) < 4.78 is 0. The first kappa shape index (κ1) is 17.3. The highest BCUT2D eigenvalue weighted by Gasteiger charge is 2.68. The highest BCUT2D eigenvalue weighted by atomic mass is 16.4. The molecule has 4 N–H and O–H groups in total. The molecule has 2 saturated carbocycles. The molecule has 0 aromatic heterocycles. The number of hydrogen-bond acceptors (Lipinski definition) is 4. The minimum absolute atomic E-state index is 0.00506. The molecule has 0 aliphatic heterocycles. The zero-order valence-corrected chi connectivity index (χ0v) is 14.9. The van der Waals surface area contributed by atoms with Crippen molar-refractivity contribution in [2.75, 3.05) is 0 Å². The van der Waals surface area contributed by atoms with E-state index in [1.807, 2.05) is 19.1 Å². The smallest absolute Gasteiger partial charge is 0.336 e. The van der Waals surface area contributed by atoms with E-state index >= 15 is 0 Å². The molecule has 0 radical (unpaired) electrons. The predicted molar refractivity (Wildman–Crippen MR) is 91.6 cm³/mol. The number of carboxylic acid groups (broad SMARTS) is 1. The summed E-state index contributed by atoms with van der Waals surface area (Å²) >= 11 is 0. The van der Waals surface area contributed by atoms with Crippen LogP contribution in [-0.2, 0) is 4.79 Å². The van der Waals surface area contributed by atoms with Gasteiger partial charge < -0.3 is 20.4 Å². The highest BCUT2D eigenvalue weighted by Crippen LogP contribution is 2.66. The molecule has 0 amide bonds. The molecule has 0 heterocycles. The van der Waals surface area contributed by atoms with Gasteiger partial charge in [-0.15, -0.1) is 0 Å². The second-order valence-corrected chi connectivity index (χ2v) is 9.07. The molecule has 2 fully saturated rings. The average Bonchev–Trinajstić information content (AvgIpc) is 2.80. The number of aliphatic hydroxyl groups excluding tert-OH is 2. The third kappa shape index (κ3) is 2.03. The van der Waals surface area contributed by atoms with Crippen LogP contribution in [0.1, 0.15) is 46.0 Å². The van der Waals surface area contributed by atoms with Crippen LogP contribution in [0.3, 0.4) is 0 Å². The van der Waals surface area contributed by atoms with Crippen molar-refractivity contribution in [1.82, 2.24) is 0 Å². The van der Waals surface area contributed by atoms with Crippen molar-refractivity contribution in [3.63, 3.8) is 0 Å². The van der Waals surface area contributed by atoms with E-state index in [2.05, 4.69) is 13.0 Å². The number of hydrogen-bond donors (Lipinski definition) is 4. The van der Waals surface area contributed by atoms with Crippen LogP contribution >= 0.6 is 0 Å². The Morgan fingerprint density at radius 3 is 2.68 bits per heavy atom. The first-order chi connectivity index (χ1) is 11.6. The van der Waals surface area contributed by atoms with Gasteiger partial charge >= 0.3 is 5.97 Å². The summed E-state index contributed by atoms with van der Waals surface area (Å²) in [6.45, 7) is 3.97. The Morgan fingerprint density at radius 1 is 1.28 bits per heavy atom. The van der Waals surface area contributed by atoms with E-state index in [0.29, 0.717) is 19.3 Å². The fourth-order valence-electron chi connectivity index (χ4n) is 6.72. The van der Waals surface area contributed by atoms with Gasteiger partial charge in [0, 0.05) is 16.7 Å². The molecule has 5 heteroatoms. The Balaban J connectivity index is 1.77. The summed E-state index contributed by atoms with van der Waals surface area (Å²) in [6.07, 6.45) is 7.53. The third-order valence-electron chi connectivity index (χ3n) is 8.07. The van der Waals surface area contributed by atoms with E-state index in [9.17, 15) is 25.2 Å². The van der Waals surface area contributed by atoms with E-state index in [1.165, 1.54) is 5.57 Å². The van der Waals surface area contributed by atoms with E-state index in [0.717, 1.165) is 6.42 Å². The summed E-state index contributed by atoms with van der Waals surface area (Å²) in [5.41, 5.74) is -1.68. The molecular weight excluding hydrogens is 320 g/mol. The van der Waals surface area contributed by atoms with Gasteiger partial charge in [0.1, 0.15) is 0 Å². The van der Waals surface area contributed by atoms with Crippen molar-refractivity contribution in [3.8, 4) is 0 Å². The van der Waals surface area contributed by atoms with E-state index in [-0.39, 0.29) is 29.6 Å². The molecule has 4 aliphatic carbocycles. The highest BCUT2D eigenvalue weighted by molar-refractivity contribution is 5.79. The monoisotopic (exact) mass is 348 g/mol. The lowest BCUT2D eigenvalue weighted by atomic mass is 9.47. The lowest BCUT2D eigenvalue weighted by molar-refractivity contribution is -0.190. The van der Waals surface area contributed by atoms with Gasteiger partial charge in [-0.2, -0.15) is 0 Å². The fourth-order valence-corrected chi connectivity index (χ4v) is 6.72. The molecule has 1 unspecified atom stereocenters. The van der Waals surface area contributed by atoms with Crippen LogP contribution in [0.4, 0.5) is 0 Å². The van der Waals surface area contributed by atoms with Gasteiger partial charge in [0.25, 0.3) is 0 Å². The minimum atomic E-state index is -1.76. The Hall–Kier alpha value is -1.17. The zero-order valence-electron chi connectivity index (χ0n) is 14.9. The summed E-state index contributed by atoms with van der Waals surface area (Å²) in [5.74, 6) is -0.930. The Labute approximate surface area is 148 Å². The van der Waals surface area contributed by atoms with Crippen molar-refractivity contribution < 1.29 is 25.2 Å². The number of aliphatic carboxylic acids is 1. The normalized spacial score (nSPS) is 54.3. The van der Waals surface area contributed by atoms with E-state index in [4.69, 9.17) is 0 Å². The first-order valence-corrected chi connectivity index (χ1v) is 9.34. The standard InChI is InChI=1S/C20H28O5/c1-18-7-5-12(21)9-11(18)3-4-13-14-6-8-20(25,17(23)24)19(14,2)10-15(22)16(13)18/h3,5,7,12-16,21-22,25H,4,6,8-10H2,1-2H3,(H,23,24)/t12?,13-,14-,15-,16+,18-,19-,20-/m0/s1. The van der Waals surface area contributed by atoms with Gasteiger partial charge in [-0.05, 0) is 43.9 Å². The Bertz CT molecular complexity index is 669. The van der Waals surface area contributed by atoms with Gasteiger partial charge in [-0.3, -0.25) is 0 Å². The second kappa shape index (κ2) is 5.18. The Kier molecular flexibility index (Phi) is 3.57. The van der Waals surface area contributed by atoms with Crippen LogP contribution < -0.4 is 0 Å². The van der Waals surface area contributed by atoms with Crippen molar-refractivity contribution in [1.29, 1.82) is 0 Å². The molecule has 4 rings (SSSR count). The Morgan fingerprint density at radius 2 is 2.00 bits per heavy atom. The zero-order chi connectivity index (χ0) is 18.2. The number of fused-ring (bicyclic) bond motifs is 5. The third-order valence-corrected chi connectivity index (χ3v) is 8.07. The number of allylic oxidation sites excluding steroid dienone is 2. The number of rotatable bonds is 1. The maximum atomic E-state index is 11.8. The van der Waals surface area contributed by atoms with Gasteiger partial charge in [0.15, 0.2) is 5.60 Å². The number of aliphatic hydroxyl groups is 3. The van der Waals surface area contributed by atoms with Crippen molar-refractivity contribution in [2.45, 2.75) is 63.8 Å². The van der Waals surface area contributed by atoms with Gasteiger partial charge in [0.2, 0.25) is 0 Å². The molecule has 0 saturated heterocycles. The molecular formula is C20H28O5. The first-order valence-electron chi connectivity index (χ1n) is 9.34. The second-order valence-electron chi connectivity index (χ2n) is 9.07. The van der Waals surface area contributed by atoms with E-state index < -0.39 is 29.2 Å². The molecule has 25 heavy (non-hydrogen) atoms. The van der Waals surface area contributed by atoms with Crippen molar-refractivity contribution in [3.05, 3.63) is 23.8 Å². The topological polar surface area (TPSA) is 98.0 Å². The van der Waals surface area contributed by atoms with Crippen LogP contribution in [0.5, 0.6) is 0 Å². The van der Waals surface area contributed by atoms with E-state index in [1.54, 1.807) is 0 Å². The van der Waals surface area contributed by atoms with Gasteiger partial charge in [-0.25, -0.2) is 4.79 Å². The van der Waals surface area contributed by atoms with Crippen LogP contribution in [0, 0.1) is 28.6 Å². The fraction of sp³-hybridized carbons (Fsp3) is 0.750. The quantitative estimate of drug-likeness (QED) is 0.542. The van der Waals surface area contributed by atoms with Crippen LogP contribution in [0.15, 0.2) is 23.8 Å². The molecule has 138 valence electrons. The summed E-state index contributed by atoms with van der Waals surface area (Å²) in [5, 5.41) is 41.6. The predicted octanol–water partition coefficient (Wildman–Crippen LogP) is 1.87. The molecule has 0 bridgehead atoms. The summed E-state index contributed by atoms with van der Waals surface area (Å²) in [4.78, 5) is 11.8. The maximum absolute atomic E-state index is 11.8. The number of carbonyl (C=O) groups is 1. The van der Waals surface area contributed by atoms with Crippen molar-refractivity contribution >= 4 is 5.97 Å². The lowest BCUT2D eigenvalue weighted by Crippen LogP contribution is -2.61. The summed E-state index contributed by atoms with van der Waals surface area (Å²) in [6, 6.07) is 0. The molecule has 4 aliphatic rings. The van der Waals surface area contributed by atoms with Crippen molar-refractivity contribution in [2.24, 2.45) is 28.6 Å². The summed E-state index contributed by atoms with van der Waals surface area (Å²) in [7, 11) is 0. The molecule has 0 aromatic rings. The molecule has 5 nitrogen and oxygen atoms in total. The average molecular weight is 348 g/mol. The van der Waals surface area contributed by atoms with Gasteiger partial charge in [0.05, 0.1) is 12.2 Å². The maximum Gasteiger partial charge on any atom is 0.336 e. The molecule has 0 aromatic carbocycles. The SMILES string of the molecule is C[C@]12C=CC(O)CC1=CC[C@@H]1[C@@H]2[C@@H](O)C[C@@]2(C)[C@H]1CC[C@]2(O)C(=O)O. The molecule has 0 spiro atoms. The van der Waals surface area contributed by atoms with Crippen LogP contribution in [0.2, 0.25) is 0 Å². The largest absolute Gasteiger partial charge is 0.479 e. The number of carboxylic acids is 1. The van der Waals surface area contributed by atoms with Crippen LogP contribution in [-0.4, -0.2) is 44.2 Å². The minimum Gasteiger partial charge on any atom is -0.479 e. The van der Waals surface area contributed by atoms with Crippen LogP contribution in [0.25, 0.3) is 0 Å². The van der Waals surface area contributed by atoms with Gasteiger partial charge in [-0.1, -0.05) is 37.6 Å². The molecule has 8 atom stereocenters.